The molecule has 1 aromatic carbocycles. The van der Waals surface area contributed by atoms with Crippen molar-refractivity contribution in [3.05, 3.63) is 29.3 Å². The molecule has 0 saturated carbocycles. The number of methoxy groups -OCH3 is 1. The van der Waals surface area contributed by atoms with Crippen LogP contribution in [0.15, 0.2) is 18.2 Å². The summed E-state index contributed by atoms with van der Waals surface area (Å²) < 4.78 is 5.39. The van der Waals surface area contributed by atoms with Gasteiger partial charge >= 0.3 is 0 Å². The monoisotopic (exact) mass is 360 g/mol. The smallest absolute Gasteiger partial charge is 0.257 e. The molecule has 0 aliphatic carbocycles. The van der Waals surface area contributed by atoms with Gasteiger partial charge in [0.2, 0.25) is 5.91 Å². The van der Waals surface area contributed by atoms with E-state index in [4.69, 9.17) is 4.74 Å². The second-order valence-corrected chi connectivity index (χ2v) is 7.53. The number of β-amino-alcohol motifs (C(OH)–C–C–N with tert-alkyl or cyclic N) is 1. The highest BCUT2D eigenvalue weighted by Crippen LogP contribution is 2.40. The largest absolute Gasteiger partial charge is 0.496 e. The fraction of sp³-hybridized carbons (Fsp3) is 0.600. The third-order valence-corrected chi connectivity index (χ3v) is 5.82. The molecule has 6 heteroatoms. The molecule has 2 aliphatic rings. The SMILES string of the molecule is COc1cc(C)ccc1C(=O)N1CCC2(CCC(=O)N(CCO)C2)CC1. The Labute approximate surface area is 154 Å². The van der Waals surface area contributed by atoms with Crippen LogP contribution in [0.25, 0.3) is 0 Å². The summed E-state index contributed by atoms with van der Waals surface area (Å²) in [4.78, 5) is 28.6. The maximum atomic E-state index is 12.9. The molecule has 1 aromatic rings. The van der Waals surface area contributed by atoms with Crippen LogP contribution in [-0.4, -0.2) is 66.6 Å². The predicted octanol–water partition coefficient (Wildman–Crippen LogP) is 1.84. The Morgan fingerprint density at radius 2 is 2.00 bits per heavy atom. The van der Waals surface area contributed by atoms with Gasteiger partial charge in [-0.25, -0.2) is 0 Å². The molecule has 2 heterocycles. The van der Waals surface area contributed by atoms with Gasteiger partial charge in [-0.15, -0.1) is 0 Å². The van der Waals surface area contributed by atoms with E-state index in [1.165, 1.54) is 0 Å². The van der Waals surface area contributed by atoms with Gasteiger partial charge in [0.15, 0.2) is 0 Å². The molecule has 1 N–H and O–H groups in total. The highest BCUT2D eigenvalue weighted by atomic mass is 16.5. The van der Waals surface area contributed by atoms with Crippen molar-refractivity contribution in [1.29, 1.82) is 0 Å². The van der Waals surface area contributed by atoms with Gasteiger partial charge in [0.05, 0.1) is 19.3 Å². The summed E-state index contributed by atoms with van der Waals surface area (Å²) in [6.07, 6.45) is 3.20. The van der Waals surface area contributed by atoms with Crippen LogP contribution in [0.1, 0.15) is 41.6 Å². The second-order valence-electron chi connectivity index (χ2n) is 7.53. The zero-order valence-electron chi connectivity index (χ0n) is 15.7. The van der Waals surface area contributed by atoms with Crippen molar-refractivity contribution in [2.24, 2.45) is 5.41 Å². The van der Waals surface area contributed by atoms with Crippen molar-refractivity contribution in [2.75, 3.05) is 39.9 Å². The van der Waals surface area contributed by atoms with E-state index >= 15 is 0 Å². The first-order valence-electron chi connectivity index (χ1n) is 9.30. The first-order chi connectivity index (χ1) is 12.5. The van der Waals surface area contributed by atoms with Crippen LogP contribution < -0.4 is 4.74 Å². The molecule has 3 rings (SSSR count). The van der Waals surface area contributed by atoms with Crippen molar-refractivity contribution in [3.8, 4) is 5.75 Å². The number of amides is 2. The first-order valence-corrected chi connectivity index (χ1v) is 9.30. The van der Waals surface area contributed by atoms with E-state index in [1.54, 1.807) is 12.0 Å². The van der Waals surface area contributed by atoms with Gasteiger partial charge in [0, 0.05) is 32.6 Å². The van der Waals surface area contributed by atoms with E-state index < -0.39 is 0 Å². The molecule has 0 bridgehead atoms. The standard InChI is InChI=1S/C20H28N2O4/c1-15-3-4-16(17(13-15)26-2)19(25)21-9-7-20(8-10-21)6-5-18(24)22(14-20)11-12-23/h3-4,13,23H,5-12,14H2,1-2H3. The van der Waals surface area contributed by atoms with Crippen molar-refractivity contribution in [2.45, 2.75) is 32.6 Å². The van der Waals surface area contributed by atoms with E-state index in [2.05, 4.69) is 0 Å². The lowest BCUT2D eigenvalue weighted by Gasteiger charge is -2.47. The third-order valence-electron chi connectivity index (χ3n) is 5.82. The number of benzene rings is 1. The molecule has 0 unspecified atom stereocenters. The lowest BCUT2D eigenvalue weighted by molar-refractivity contribution is -0.139. The van der Waals surface area contributed by atoms with Crippen LogP contribution in [0, 0.1) is 12.3 Å². The van der Waals surface area contributed by atoms with Gasteiger partial charge in [0.1, 0.15) is 5.75 Å². The molecule has 0 radical (unpaired) electrons. The Morgan fingerprint density at radius 3 is 2.65 bits per heavy atom. The number of rotatable bonds is 4. The van der Waals surface area contributed by atoms with Crippen LogP contribution in [0.3, 0.4) is 0 Å². The van der Waals surface area contributed by atoms with Crippen molar-refractivity contribution < 1.29 is 19.4 Å². The van der Waals surface area contributed by atoms with Gasteiger partial charge in [-0.3, -0.25) is 9.59 Å². The molecular formula is C20H28N2O4. The van der Waals surface area contributed by atoms with Crippen LogP contribution in [0.5, 0.6) is 5.75 Å². The Morgan fingerprint density at radius 1 is 1.27 bits per heavy atom. The summed E-state index contributed by atoms with van der Waals surface area (Å²) in [5.74, 6) is 0.760. The minimum atomic E-state index is -0.000348. The number of carbonyl (C=O) groups excluding carboxylic acids is 2. The summed E-state index contributed by atoms with van der Waals surface area (Å²) in [6, 6.07) is 5.65. The molecule has 0 aromatic heterocycles. The van der Waals surface area contributed by atoms with Crippen LogP contribution in [0.2, 0.25) is 0 Å². The third kappa shape index (κ3) is 3.70. The van der Waals surface area contributed by atoms with Crippen molar-refractivity contribution in [1.82, 2.24) is 9.80 Å². The number of ether oxygens (including phenoxy) is 1. The first kappa shape index (κ1) is 18.7. The van der Waals surface area contributed by atoms with Crippen LogP contribution in [0.4, 0.5) is 0 Å². The Balaban J connectivity index is 1.67. The molecule has 6 nitrogen and oxygen atoms in total. The lowest BCUT2D eigenvalue weighted by Crippen LogP contribution is -2.52. The zero-order chi connectivity index (χ0) is 18.7. The Kier molecular flexibility index (Phi) is 5.51. The van der Waals surface area contributed by atoms with E-state index in [0.717, 1.165) is 24.8 Å². The minimum absolute atomic E-state index is 0.000348. The molecule has 0 atom stereocenters. The summed E-state index contributed by atoms with van der Waals surface area (Å²) in [5.41, 5.74) is 1.75. The highest BCUT2D eigenvalue weighted by molar-refractivity contribution is 5.97. The fourth-order valence-electron chi connectivity index (χ4n) is 4.16. The number of hydrogen-bond acceptors (Lipinski definition) is 4. The van der Waals surface area contributed by atoms with Crippen LogP contribution in [-0.2, 0) is 4.79 Å². The topological polar surface area (TPSA) is 70.1 Å². The number of nitrogens with zero attached hydrogens (tertiary/aromatic N) is 2. The maximum Gasteiger partial charge on any atom is 0.257 e. The lowest BCUT2D eigenvalue weighted by atomic mass is 9.72. The molecule has 2 saturated heterocycles. The van der Waals surface area contributed by atoms with E-state index in [0.29, 0.717) is 43.9 Å². The molecule has 2 amide bonds. The zero-order valence-corrected chi connectivity index (χ0v) is 15.7. The van der Waals surface area contributed by atoms with Crippen molar-refractivity contribution >= 4 is 11.8 Å². The van der Waals surface area contributed by atoms with Crippen molar-refractivity contribution in [3.63, 3.8) is 0 Å². The van der Waals surface area contributed by atoms with Gasteiger partial charge in [-0.2, -0.15) is 0 Å². The van der Waals surface area contributed by atoms with Gasteiger partial charge in [-0.1, -0.05) is 6.07 Å². The maximum absolute atomic E-state index is 12.9. The predicted molar refractivity (Wildman–Crippen MR) is 98.2 cm³/mol. The van der Waals surface area contributed by atoms with E-state index in [1.807, 2.05) is 30.0 Å². The summed E-state index contributed by atoms with van der Waals surface area (Å²) in [7, 11) is 1.59. The molecule has 142 valence electrons. The number of aryl methyl sites for hydroxylation is 1. The minimum Gasteiger partial charge on any atom is -0.496 e. The van der Waals surface area contributed by atoms with Crippen LogP contribution >= 0.6 is 0 Å². The molecular weight excluding hydrogens is 332 g/mol. The Bertz CT molecular complexity index is 680. The number of aliphatic hydroxyl groups excluding tert-OH is 1. The molecule has 1 spiro atoms. The average Bonchev–Trinajstić information content (AvgIpc) is 2.65. The van der Waals surface area contributed by atoms with Gasteiger partial charge < -0.3 is 19.6 Å². The number of likely N-dealkylation sites (tertiary alicyclic amines) is 2. The second kappa shape index (κ2) is 7.66. The van der Waals surface area contributed by atoms with E-state index in [9.17, 15) is 14.7 Å². The number of carbonyl (C=O) groups is 2. The highest BCUT2D eigenvalue weighted by Gasteiger charge is 2.41. The van der Waals surface area contributed by atoms with Gasteiger partial charge in [0.25, 0.3) is 5.91 Å². The quantitative estimate of drug-likeness (QED) is 0.889. The Hall–Kier alpha value is -2.08. The number of piperidine rings is 2. The normalized spacial score (nSPS) is 19.7. The molecule has 2 fully saturated rings. The van der Waals surface area contributed by atoms with Gasteiger partial charge in [-0.05, 0) is 49.3 Å². The number of aliphatic hydroxyl groups is 1. The summed E-state index contributed by atoms with van der Waals surface area (Å²) in [6.45, 7) is 4.46. The summed E-state index contributed by atoms with van der Waals surface area (Å²) >= 11 is 0. The van der Waals surface area contributed by atoms with E-state index in [-0.39, 0.29) is 23.8 Å². The summed E-state index contributed by atoms with van der Waals surface area (Å²) in [5, 5.41) is 9.17. The molecule has 2 aliphatic heterocycles. The average molecular weight is 360 g/mol. The number of hydrogen-bond donors (Lipinski definition) is 1. The fourth-order valence-corrected chi connectivity index (χ4v) is 4.16. The molecule has 26 heavy (non-hydrogen) atoms.